The van der Waals surface area contributed by atoms with Crippen molar-refractivity contribution < 1.29 is 4.39 Å². The highest BCUT2D eigenvalue weighted by atomic mass is 19.1. The van der Waals surface area contributed by atoms with E-state index in [-0.39, 0.29) is 0 Å². The fourth-order valence-corrected chi connectivity index (χ4v) is 1.43. The molecule has 2 aliphatic rings. The van der Waals surface area contributed by atoms with Crippen molar-refractivity contribution in [2.45, 2.75) is 37.8 Å². The molecule has 0 aromatic heterocycles. The molecule has 0 spiro atoms. The van der Waals surface area contributed by atoms with Crippen LogP contribution in [0.2, 0.25) is 0 Å². The van der Waals surface area contributed by atoms with Gasteiger partial charge in [-0.05, 0) is 32.1 Å². The van der Waals surface area contributed by atoms with Gasteiger partial charge in [0.1, 0.15) is 5.67 Å². The van der Waals surface area contributed by atoms with Crippen LogP contribution in [0.1, 0.15) is 32.1 Å². The van der Waals surface area contributed by atoms with Crippen LogP contribution in [0.4, 0.5) is 4.39 Å². The zero-order chi connectivity index (χ0) is 8.44. The van der Waals surface area contributed by atoms with Crippen LogP contribution in [-0.4, -0.2) is 30.0 Å². The van der Waals surface area contributed by atoms with Crippen molar-refractivity contribution in [2.75, 3.05) is 13.1 Å². The molecule has 0 aromatic carbocycles. The zero-order valence-corrected chi connectivity index (χ0v) is 7.30. The summed E-state index contributed by atoms with van der Waals surface area (Å²) in [6.07, 6.45) is 6.55. The van der Waals surface area contributed by atoms with E-state index in [1.807, 2.05) is 5.01 Å². The standard InChI is InChI=1S/C9H15FN2/c10-9(4-5-9)8-11-12-6-2-1-3-7-12/h8H,1-7H2/b11-8+. The Bertz CT molecular complexity index is 181. The van der Waals surface area contributed by atoms with E-state index in [1.165, 1.54) is 25.5 Å². The Hall–Kier alpha value is -0.600. The molecular formula is C9H15FN2. The minimum absolute atomic E-state index is 0.671. The molecule has 0 N–H and O–H groups in total. The normalized spacial score (nSPS) is 27.9. The maximum Gasteiger partial charge on any atom is 0.147 e. The number of nitrogens with zero attached hydrogens (tertiary/aromatic N) is 2. The van der Waals surface area contributed by atoms with E-state index in [1.54, 1.807) is 0 Å². The molecule has 2 rings (SSSR count). The van der Waals surface area contributed by atoms with E-state index in [4.69, 9.17) is 0 Å². The summed E-state index contributed by atoms with van der Waals surface area (Å²) in [7, 11) is 0. The van der Waals surface area contributed by atoms with E-state index in [0.29, 0.717) is 12.8 Å². The fraction of sp³-hybridized carbons (Fsp3) is 0.889. The number of alkyl halides is 1. The second-order valence-corrected chi connectivity index (χ2v) is 3.79. The fourth-order valence-electron chi connectivity index (χ4n) is 1.43. The molecular weight excluding hydrogens is 155 g/mol. The lowest BCUT2D eigenvalue weighted by molar-refractivity contribution is 0.237. The molecule has 2 fully saturated rings. The van der Waals surface area contributed by atoms with Gasteiger partial charge in [0.2, 0.25) is 0 Å². The van der Waals surface area contributed by atoms with Crippen molar-refractivity contribution in [2.24, 2.45) is 5.10 Å². The molecule has 0 atom stereocenters. The predicted octanol–water partition coefficient (Wildman–Crippen LogP) is 1.96. The quantitative estimate of drug-likeness (QED) is 0.578. The van der Waals surface area contributed by atoms with Gasteiger partial charge in [-0.3, -0.25) is 5.01 Å². The molecule has 2 nitrogen and oxygen atoms in total. The number of hydrazone groups is 1. The first-order valence-corrected chi connectivity index (χ1v) is 4.78. The van der Waals surface area contributed by atoms with Gasteiger partial charge in [0.15, 0.2) is 0 Å². The average molecular weight is 170 g/mol. The number of piperidine rings is 1. The van der Waals surface area contributed by atoms with Crippen LogP contribution in [0.15, 0.2) is 5.10 Å². The molecule has 1 saturated carbocycles. The number of hydrogen-bond acceptors (Lipinski definition) is 2. The van der Waals surface area contributed by atoms with Gasteiger partial charge in [-0.25, -0.2) is 4.39 Å². The molecule has 12 heavy (non-hydrogen) atoms. The molecule has 1 aliphatic heterocycles. The number of rotatable bonds is 2. The molecule has 0 amide bonds. The number of hydrogen-bond donors (Lipinski definition) is 0. The Morgan fingerprint density at radius 3 is 2.42 bits per heavy atom. The third-order valence-corrected chi connectivity index (χ3v) is 2.51. The third-order valence-electron chi connectivity index (χ3n) is 2.51. The molecule has 0 radical (unpaired) electrons. The van der Waals surface area contributed by atoms with Crippen molar-refractivity contribution in [1.29, 1.82) is 0 Å². The van der Waals surface area contributed by atoms with Gasteiger partial charge in [-0.15, -0.1) is 0 Å². The van der Waals surface area contributed by atoms with Crippen LogP contribution in [0.5, 0.6) is 0 Å². The van der Waals surface area contributed by atoms with Crippen molar-refractivity contribution in [1.82, 2.24) is 5.01 Å². The maximum atomic E-state index is 13.1. The van der Waals surface area contributed by atoms with E-state index in [0.717, 1.165) is 13.1 Å². The van der Waals surface area contributed by atoms with Gasteiger partial charge in [-0.2, -0.15) is 5.10 Å². The lowest BCUT2D eigenvalue weighted by Gasteiger charge is -2.23. The molecule has 1 saturated heterocycles. The van der Waals surface area contributed by atoms with Crippen molar-refractivity contribution in [3.8, 4) is 0 Å². The molecule has 0 unspecified atom stereocenters. The van der Waals surface area contributed by atoms with Gasteiger partial charge in [0.05, 0.1) is 6.21 Å². The van der Waals surface area contributed by atoms with Crippen LogP contribution >= 0.6 is 0 Å². The zero-order valence-electron chi connectivity index (χ0n) is 7.30. The smallest absolute Gasteiger partial charge is 0.147 e. The molecule has 1 heterocycles. The Morgan fingerprint density at radius 1 is 1.17 bits per heavy atom. The molecule has 3 heteroatoms. The van der Waals surface area contributed by atoms with Crippen LogP contribution in [0.25, 0.3) is 0 Å². The Morgan fingerprint density at radius 2 is 1.83 bits per heavy atom. The largest absolute Gasteiger partial charge is 0.297 e. The summed E-state index contributed by atoms with van der Waals surface area (Å²) in [6.45, 7) is 2.01. The first kappa shape index (κ1) is 8.02. The Balaban J connectivity index is 1.80. The van der Waals surface area contributed by atoms with Crippen LogP contribution < -0.4 is 0 Å². The van der Waals surface area contributed by atoms with Crippen molar-refractivity contribution >= 4 is 6.21 Å². The van der Waals surface area contributed by atoms with E-state index >= 15 is 0 Å². The molecule has 0 bridgehead atoms. The van der Waals surface area contributed by atoms with Crippen molar-refractivity contribution in [3.05, 3.63) is 0 Å². The summed E-state index contributed by atoms with van der Waals surface area (Å²) < 4.78 is 13.1. The second-order valence-electron chi connectivity index (χ2n) is 3.79. The Kier molecular flexibility index (Phi) is 2.03. The van der Waals surface area contributed by atoms with Crippen LogP contribution in [-0.2, 0) is 0 Å². The summed E-state index contributed by atoms with van der Waals surface area (Å²) in [5.41, 5.74) is -1.03. The minimum atomic E-state index is -1.03. The maximum absolute atomic E-state index is 13.1. The van der Waals surface area contributed by atoms with Gasteiger partial charge in [0.25, 0.3) is 0 Å². The summed E-state index contributed by atoms with van der Waals surface area (Å²) in [6, 6.07) is 0. The molecule has 68 valence electrons. The topological polar surface area (TPSA) is 15.6 Å². The second kappa shape index (κ2) is 3.04. The highest BCUT2D eigenvalue weighted by molar-refractivity contribution is 5.72. The molecule has 0 aromatic rings. The van der Waals surface area contributed by atoms with Gasteiger partial charge in [-0.1, -0.05) is 0 Å². The predicted molar refractivity (Wildman–Crippen MR) is 47.0 cm³/mol. The van der Waals surface area contributed by atoms with Crippen molar-refractivity contribution in [3.63, 3.8) is 0 Å². The van der Waals surface area contributed by atoms with E-state index < -0.39 is 5.67 Å². The minimum Gasteiger partial charge on any atom is -0.297 e. The van der Waals surface area contributed by atoms with E-state index in [9.17, 15) is 4.39 Å². The average Bonchev–Trinajstić information content (AvgIpc) is 2.84. The molecule has 1 aliphatic carbocycles. The highest BCUT2D eigenvalue weighted by Gasteiger charge is 2.41. The first-order chi connectivity index (χ1) is 5.79. The lowest BCUT2D eigenvalue weighted by atomic mass is 10.2. The van der Waals surface area contributed by atoms with Gasteiger partial charge >= 0.3 is 0 Å². The van der Waals surface area contributed by atoms with Crippen LogP contribution in [0, 0.1) is 0 Å². The Labute approximate surface area is 72.4 Å². The van der Waals surface area contributed by atoms with E-state index in [2.05, 4.69) is 5.10 Å². The summed E-state index contributed by atoms with van der Waals surface area (Å²) >= 11 is 0. The lowest BCUT2D eigenvalue weighted by Crippen LogP contribution is -2.25. The van der Waals surface area contributed by atoms with Crippen LogP contribution in [0.3, 0.4) is 0 Å². The van der Waals surface area contributed by atoms with Gasteiger partial charge < -0.3 is 0 Å². The summed E-state index contributed by atoms with van der Waals surface area (Å²) in [4.78, 5) is 0. The highest BCUT2D eigenvalue weighted by Crippen LogP contribution is 2.37. The summed E-state index contributed by atoms with van der Waals surface area (Å²) in [5.74, 6) is 0. The number of halogens is 1. The monoisotopic (exact) mass is 170 g/mol. The third kappa shape index (κ3) is 1.96. The summed E-state index contributed by atoms with van der Waals surface area (Å²) in [5, 5.41) is 6.14. The SMILES string of the molecule is FC1(/C=N/N2CCCCC2)CC1. The first-order valence-electron chi connectivity index (χ1n) is 4.78. The van der Waals surface area contributed by atoms with Gasteiger partial charge in [0, 0.05) is 13.1 Å².